The van der Waals surface area contributed by atoms with E-state index in [1.807, 2.05) is 25.1 Å². The van der Waals surface area contributed by atoms with Crippen LogP contribution in [0.25, 0.3) is 11.3 Å². The smallest absolute Gasteiger partial charge is 0.176 e. The van der Waals surface area contributed by atoms with Crippen molar-refractivity contribution >= 4 is 0 Å². The molecule has 0 amide bonds. The quantitative estimate of drug-likeness (QED) is 0.737. The van der Waals surface area contributed by atoms with Crippen molar-refractivity contribution in [2.75, 3.05) is 0 Å². The van der Waals surface area contributed by atoms with Gasteiger partial charge in [0.25, 0.3) is 0 Å². The predicted molar refractivity (Wildman–Crippen MR) is 76.6 cm³/mol. The Kier molecular flexibility index (Phi) is 2.38. The molecule has 1 aliphatic heterocycles. The van der Waals surface area contributed by atoms with E-state index in [2.05, 4.69) is 39.8 Å². The lowest BCUT2D eigenvalue weighted by Gasteiger charge is -2.33. The van der Waals surface area contributed by atoms with Crippen LogP contribution in [0.15, 0.2) is 34.7 Å². The van der Waals surface area contributed by atoms with Crippen molar-refractivity contribution < 1.29 is 9.15 Å². The van der Waals surface area contributed by atoms with Crippen molar-refractivity contribution in [3.8, 4) is 17.1 Å². The Balaban J connectivity index is 2.23. The van der Waals surface area contributed by atoms with E-state index in [1.165, 1.54) is 5.56 Å². The van der Waals surface area contributed by atoms with Gasteiger partial charge in [0.05, 0.1) is 0 Å². The van der Waals surface area contributed by atoms with Crippen molar-refractivity contribution in [3.05, 3.63) is 41.7 Å². The summed E-state index contributed by atoms with van der Waals surface area (Å²) in [6, 6.07) is 10.2. The van der Waals surface area contributed by atoms with Gasteiger partial charge in [0.1, 0.15) is 11.4 Å². The fourth-order valence-electron chi connectivity index (χ4n) is 2.81. The van der Waals surface area contributed by atoms with Gasteiger partial charge in [0.15, 0.2) is 11.5 Å². The molecule has 0 N–H and O–H groups in total. The van der Waals surface area contributed by atoms with Crippen LogP contribution < -0.4 is 4.74 Å². The maximum Gasteiger partial charge on any atom is 0.176 e. The molecule has 2 heterocycles. The van der Waals surface area contributed by atoms with Crippen LogP contribution in [0.1, 0.15) is 39.0 Å². The van der Waals surface area contributed by atoms with Gasteiger partial charge in [-0.1, -0.05) is 44.2 Å². The van der Waals surface area contributed by atoms with E-state index < -0.39 is 0 Å². The van der Waals surface area contributed by atoms with Crippen LogP contribution in [-0.4, -0.2) is 5.60 Å². The van der Waals surface area contributed by atoms with E-state index in [0.717, 1.165) is 22.8 Å². The zero-order valence-electron chi connectivity index (χ0n) is 12.2. The Hall–Kier alpha value is -1.70. The number of fused-ring (bicyclic) bond motifs is 1. The second kappa shape index (κ2) is 3.66. The van der Waals surface area contributed by atoms with E-state index in [-0.39, 0.29) is 11.0 Å². The summed E-state index contributed by atoms with van der Waals surface area (Å²) in [7, 11) is 0. The number of benzene rings is 1. The first kappa shape index (κ1) is 12.3. The van der Waals surface area contributed by atoms with Crippen molar-refractivity contribution in [3.63, 3.8) is 0 Å². The van der Waals surface area contributed by atoms with Gasteiger partial charge in [-0.3, -0.25) is 0 Å². The molecule has 100 valence electrons. The number of hydrogen-bond acceptors (Lipinski definition) is 2. The monoisotopic (exact) mass is 256 g/mol. The number of rotatable bonds is 1. The molecule has 2 nitrogen and oxygen atoms in total. The number of ether oxygens (including phenoxy) is 1. The highest BCUT2D eigenvalue weighted by Crippen LogP contribution is 2.55. The predicted octanol–water partition coefficient (Wildman–Crippen LogP) is 4.70. The number of hydrogen-bond donors (Lipinski definition) is 0. The van der Waals surface area contributed by atoms with Gasteiger partial charge in [0.2, 0.25) is 0 Å². The third kappa shape index (κ3) is 1.55. The van der Waals surface area contributed by atoms with E-state index in [1.54, 1.807) is 0 Å². The highest BCUT2D eigenvalue weighted by atomic mass is 16.5. The molecular formula is C17H20O2. The van der Waals surface area contributed by atoms with Crippen LogP contribution in [0.5, 0.6) is 5.75 Å². The molecule has 0 aliphatic carbocycles. The van der Waals surface area contributed by atoms with Gasteiger partial charge in [-0.15, -0.1) is 0 Å². The minimum Gasteiger partial charge on any atom is -0.483 e. The molecule has 0 saturated carbocycles. The van der Waals surface area contributed by atoms with Crippen LogP contribution in [0.4, 0.5) is 0 Å². The van der Waals surface area contributed by atoms with Crippen LogP contribution in [-0.2, 0) is 5.41 Å². The van der Waals surface area contributed by atoms with Crippen LogP contribution >= 0.6 is 0 Å². The van der Waals surface area contributed by atoms with Gasteiger partial charge in [-0.05, 0) is 20.8 Å². The lowest BCUT2D eigenvalue weighted by atomic mass is 9.74. The molecule has 1 aliphatic rings. The molecule has 3 rings (SSSR count). The van der Waals surface area contributed by atoms with Crippen molar-refractivity contribution in [2.24, 2.45) is 0 Å². The average Bonchev–Trinajstić information content (AvgIpc) is 2.75. The van der Waals surface area contributed by atoms with E-state index in [0.29, 0.717) is 0 Å². The molecule has 1 aromatic carbocycles. The second-order valence-electron chi connectivity index (χ2n) is 6.29. The summed E-state index contributed by atoms with van der Waals surface area (Å²) in [6.45, 7) is 10.7. The topological polar surface area (TPSA) is 22.4 Å². The molecule has 2 heteroatoms. The van der Waals surface area contributed by atoms with Crippen LogP contribution in [0.2, 0.25) is 0 Å². The Morgan fingerprint density at radius 3 is 2.21 bits per heavy atom. The molecular weight excluding hydrogens is 236 g/mol. The average molecular weight is 256 g/mol. The summed E-state index contributed by atoms with van der Waals surface area (Å²) < 4.78 is 12.2. The van der Waals surface area contributed by atoms with E-state index in [9.17, 15) is 0 Å². The third-order valence-electron chi connectivity index (χ3n) is 4.56. The molecule has 0 spiro atoms. The fraction of sp³-hybridized carbons (Fsp3) is 0.412. The first-order chi connectivity index (χ1) is 8.84. The van der Waals surface area contributed by atoms with Crippen molar-refractivity contribution in [1.29, 1.82) is 0 Å². The Labute approximate surface area is 114 Å². The van der Waals surface area contributed by atoms with Crippen LogP contribution in [0, 0.1) is 6.92 Å². The lowest BCUT2D eigenvalue weighted by Crippen LogP contribution is -2.42. The van der Waals surface area contributed by atoms with Gasteiger partial charge in [-0.2, -0.15) is 0 Å². The SMILES string of the molecule is Cc1oc(-c2ccccc2)c2c1C(C)(C)C(C)(C)O2. The van der Waals surface area contributed by atoms with E-state index >= 15 is 0 Å². The molecule has 2 aromatic rings. The van der Waals surface area contributed by atoms with Gasteiger partial charge in [0, 0.05) is 16.5 Å². The summed E-state index contributed by atoms with van der Waals surface area (Å²) >= 11 is 0. The lowest BCUT2D eigenvalue weighted by molar-refractivity contribution is 0.0682. The molecule has 0 bridgehead atoms. The Morgan fingerprint density at radius 1 is 0.947 bits per heavy atom. The molecule has 1 aromatic heterocycles. The molecule has 0 saturated heterocycles. The van der Waals surface area contributed by atoms with Gasteiger partial charge < -0.3 is 9.15 Å². The van der Waals surface area contributed by atoms with Crippen molar-refractivity contribution in [2.45, 2.75) is 45.6 Å². The zero-order chi connectivity index (χ0) is 13.8. The molecule has 0 unspecified atom stereocenters. The molecule has 0 atom stereocenters. The maximum atomic E-state index is 6.22. The number of aryl methyl sites for hydroxylation is 1. The summed E-state index contributed by atoms with van der Waals surface area (Å²) in [4.78, 5) is 0. The largest absolute Gasteiger partial charge is 0.483 e. The summed E-state index contributed by atoms with van der Waals surface area (Å²) in [5.74, 6) is 2.73. The fourth-order valence-corrected chi connectivity index (χ4v) is 2.81. The first-order valence-electron chi connectivity index (χ1n) is 6.73. The Morgan fingerprint density at radius 2 is 1.58 bits per heavy atom. The zero-order valence-corrected chi connectivity index (χ0v) is 12.2. The first-order valence-corrected chi connectivity index (χ1v) is 6.73. The number of furan rings is 1. The highest BCUT2D eigenvalue weighted by molar-refractivity contribution is 5.70. The molecule has 0 fully saturated rings. The minimum absolute atomic E-state index is 0.0526. The van der Waals surface area contributed by atoms with Crippen molar-refractivity contribution in [1.82, 2.24) is 0 Å². The standard InChI is InChI=1S/C17H20O2/c1-11-13-15(19-17(4,5)16(13,2)3)14(18-11)12-9-7-6-8-10-12/h6-10H,1-5H3. The normalized spacial score (nSPS) is 19.0. The minimum atomic E-state index is -0.220. The Bertz CT molecular complexity index is 618. The highest BCUT2D eigenvalue weighted by Gasteiger charge is 2.51. The van der Waals surface area contributed by atoms with Gasteiger partial charge >= 0.3 is 0 Å². The summed E-state index contributed by atoms with van der Waals surface area (Å²) in [5.41, 5.74) is 2.00. The molecule has 0 radical (unpaired) electrons. The van der Waals surface area contributed by atoms with Crippen LogP contribution in [0.3, 0.4) is 0 Å². The third-order valence-corrected chi connectivity index (χ3v) is 4.56. The maximum absolute atomic E-state index is 6.22. The van der Waals surface area contributed by atoms with E-state index in [4.69, 9.17) is 9.15 Å². The summed E-state index contributed by atoms with van der Waals surface area (Å²) in [6.07, 6.45) is 0. The van der Waals surface area contributed by atoms with Gasteiger partial charge in [-0.25, -0.2) is 0 Å². The molecule has 19 heavy (non-hydrogen) atoms. The second-order valence-corrected chi connectivity index (χ2v) is 6.29. The summed E-state index contributed by atoms with van der Waals surface area (Å²) in [5, 5.41) is 0.